The van der Waals surface area contributed by atoms with E-state index >= 15 is 0 Å². The number of rotatable bonds is 5. The fraction of sp³-hybridized carbons (Fsp3) is 0.167. The first-order chi connectivity index (χ1) is 11.2. The van der Waals surface area contributed by atoms with Crippen molar-refractivity contribution >= 4 is 40.6 Å². The number of nitrogens with zero attached hydrogens (tertiary/aromatic N) is 1. The van der Waals surface area contributed by atoms with Crippen molar-refractivity contribution in [2.45, 2.75) is 19.5 Å². The van der Waals surface area contributed by atoms with Gasteiger partial charge in [0, 0.05) is 21.7 Å². The first-order valence-corrected chi connectivity index (χ1v) is 8.39. The third-order valence-corrected chi connectivity index (χ3v) is 4.22. The van der Waals surface area contributed by atoms with E-state index in [1.165, 1.54) is 0 Å². The quantitative estimate of drug-likeness (QED) is 0.771. The minimum Gasteiger partial charge on any atom is -0.361 e. The summed E-state index contributed by atoms with van der Waals surface area (Å²) in [6.07, 6.45) is 0.812. The summed E-state index contributed by atoms with van der Waals surface area (Å²) in [4.78, 5) is 0. The maximum absolute atomic E-state index is 6.10. The second-order valence-electron chi connectivity index (χ2n) is 5.26. The molecular formula is C18H18ClN3S. The fourth-order valence-corrected chi connectivity index (χ4v) is 3.07. The van der Waals surface area contributed by atoms with E-state index in [9.17, 15) is 0 Å². The van der Waals surface area contributed by atoms with E-state index in [0.717, 1.165) is 29.1 Å². The van der Waals surface area contributed by atoms with Crippen molar-refractivity contribution < 1.29 is 0 Å². The third-order valence-electron chi connectivity index (χ3n) is 3.73. The van der Waals surface area contributed by atoms with E-state index in [1.807, 2.05) is 42.5 Å². The van der Waals surface area contributed by atoms with Gasteiger partial charge in [-0.1, -0.05) is 67.1 Å². The lowest BCUT2D eigenvalue weighted by molar-refractivity contribution is 0.427. The third kappa shape index (κ3) is 3.33. The highest BCUT2D eigenvalue weighted by Crippen LogP contribution is 2.31. The Bertz CT molecular complexity index is 730. The Morgan fingerprint density at radius 2 is 2.00 bits per heavy atom. The molecule has 0 spiro atoms. The van der Waals surface area contributed by atoms with Crippen LogP contribution in [-0.2, 0) is 0 Å². The van der Waals surface area contributed by atoms with E-state index in [0.29, 0.717) is 5.02 Å². The zero-order chi connectivity index (χ0) is 16.2. The first-order valence-electron chi connectivity index (χ1n) is 7.54. The molecule has 1 heterocycles. The molecule has 3 nitrogen and oxygen atoms in total. The molecule has 1 atom stereocenters. The molecule has 0 fully saturated rings. The van der Waals surface area contributed by atoms with Crippen LogP contribution in [0.5, 0.6) is 0 Å². The van der Waals surface area contributed by atoms with Gasteiger partial charge in [0.2, 0.25) is 0 Å². The molecule has 0 aliphatic carbocycles. The minimum absolute atomic E-state index is 0.0888. The summed E-state index contributed by atoms with van der Waals surface area (Å²) < 4.78 is 0. The Morgan fingerprint density at radius 3 is 2.65 bits per heavy atom. The zero-order valence-electron chi connectivity index (χ0n) is 12.8. The minimum atomic E-state index is -0.0888. The topological polar surface area (TPSA) is 27.3 Å². The predicted molar refractivity (Wildman–Crippen MR) is 101 cm³/mol. The standard InChI is InChI=1S/C18H18ClN3S/c1-2-16-18(13-7-4-3-5-8-13)22(17(12-23)20-16)21-15-10-6-9-14(19)11-15/h3-12,17,20-21H,2H2,1H3. The highest BCUT2D eigenvalue weighted by molar-refractivity contribution is 7.79. The molecule has 5 heteroatoms. The summed E-state index contributed by atoms with van der Waals surface area (Å²) in [7, 11) is 0. The van der Waals surface area contributed by atoms with E-state index in [1.54, 1.807) is 5.37 Å². The van der Waals surface area contributed by atoms with Gasteiger partial charge in [0.05, 0.1) is 11.4 Å². The monoisotopic (exact) mass is 343 g/mol. The second-order valence-corrected chi connectivity index (χ2v) is 5.97. The Kier molecular flexibility index (Phi) is 4.84. The van der Waals surface area contributed by atoms with Crippen molar-refractivity contribution in [1.29, 1.82) is 0 Å². The van der Waals surface area contributed by atoms with Crippen LogP contribution in [0.4, 0.5) is 5.69 Å². The van der Waals surface area contributed by atoms with Crippen molar-refractivity contribution in [3.63, 3.8) is 0 Å². The molecule has 1 aliphatic rings. The Morgan fingerprint density at radius 1 is 1.22 bits per heavy atom. The normalized spacial score (nSPS) is 17.1. The van der Waals surface area contributed by atoms with Crippen LogP contribution in [0.25, 0.3) is 5.70 Å². The Hall–Kier alpha value is -2.04. The summed E-state index contributed by atoms with van der Waals surface area (Å²) in [5.74, 6) is 0. The van der Waals surface area contributed by atoms with Crippen LogP contribution >= 0.6 is 23.8 Å². The van der Waals surface area contributed by atoms with Crippen LogP contribution in [0.15, 0.2) is 60.3 Å². The lowest BCUT2D eigenvalue weighted by Crippen LogP contribution is -2.41. The molecule has 23 heavy (non-hydrogen) atoms. The molecule has 2 aromatic rings. The molecule has 0 saturated heterocycles. The predicted octanol–water partition coefficient (Wildman–Crippen LogP) is 4.68. The molecule has 1 unspecified atom stereocenters. The largest absolute Gasteiger partial charge is 0.361 e. The van der Waals surface area contributed by atoms with Gasteiger partial charge in [-0.05, 0) is 24.6 Å². The molecule has 0 aromatic heterocycles. The van der Waals surface area contributed by atoms with Crippen LogP contribution in [-0.4, -0.2) is 16.5 Å². The highest BCUT2D eigenvalue weighted by atomic mass is 35.5. The van der Waals surface area contributed by atoms with Crippen molar-refractivity contribution in [3.8, 4) is 0 Å². The number of nitrogens with one attached hydrogen (secondary N) is 2. The second kappa shape index (κ2) is 7.02. The van der Waals surface area contributed by atoms with Gasteiger partial charge in [-0.2, -0.15) is 0 Å². The van der Waals surface area contributed by atoms with Gasteiger partial charge in [0.15, 0.2) is 0 Å². The summed E-state index contributed by atoms with van der Waals surface area (Å²) in [6, 6.07) is 18.0. The molecule has 0 bridgehead atoms. The van der Waals surface area contributed by atoms with Gasteiger partial charge in [-0.25, -0.2) is 0 Å². The van der Waals surface area contributed by atoms with Crippen LogP contribution in [0.2, 0.25) is 5.02 Å². The number of anilines is 1. The van der Waals surface area contributed by atoms with Gasteiger partial charge < -0.3 is 5.32 Å². The van der Waals surface area contributed by atoms with Gasteiger partial charge in [-0.15, -0.1) is 0 Å². The number of thiocarbonyl (C=S) groups is 1. The molecule has 2 N–H and O–H groups in total. The van der Waals surface area contributed by atoms with Crippen LogP contribution in [0.1, 0.15) is 18.9 Å². The molecule has 2 aromatic carbocycles. The molecule has 0 radical (unpaired) electrons. The van der Waals surface area contributed by atoms with Crippen molar-refractivity contribution in [2.75, 3.05) is 5.43 Å². The maximum atomic E-state index is 6.10. The van der Waals surface area contributed by atoms with Crippen molar-refractivity contribution in [2.24, 2.45) is 0 Å². The Labute approximate surface area is 146 Å². The molecule has 0 amide bonds. The SMILES string of the molecule is CCC1=C(c2ccccc2)N(Nc2cccc(Cl)c2)C(C=S)N1. The lowest BCUT2D eigenvalue weighted by atomic mass is 10.1. The van der Waals surface area contributed by atoms with Gasteiger partial charge >= 0.3 is 0 Å². The van der Waals surface area contributed by atoms with E-state index < -0.39 is 0 Å². The smallest absolute Gasteiger partial charge is 0.148 e. The van der Waals surface area contributed by atoms with Crippen molar-refractivity contribution in [1.82, 2.24) is 10.3 Å². The van der Waals surface area contributed by atoms with E-state index in [-0.39, 0.29) is 6.17 Å². The van der Waals surface area contributed by atoms with E-state index in [2.05, 4.69) is 34.8 Å². The number of hydrazine groups is 1. The average Bonchev–Trinajstić information content (AvgIpc) is 2.93. The van der Waals surface area contributed by atoms with Gasteiger partial charge in [-0.3, -0.25) is 10.4 Å². The molecular weight excluding hydrogens is 326 g/mol. The van der Waals surface area contributed by atoms with E-state index in [4.69, 9.17) is 23.8 Å². The summed E-state index contributed by atoms with van der Waals surface area (Å²) in [6.45, 7) is 2.13. The number of halogens is 1. The van der Waals surface area contributed by atoms with Crippen molar-refractivity contribution in [3.05, 3.63) is 70.9 Å². The first kappa shape index (κ1) is 15.8. The number of benzene rings is 2. The summed E-state index contributed by atoms with van der Waals surface area (Å²) >= 11 is 11.3. The number of hydrogen-bond acceptors (Lipinski definition) is 4. The molecule has 0 saturated carbocycles. The van der Waals surface area contributed by atoms with Gasteiger partial charge in [0.25, 0.3) is 0 Å². The van der Waals surface area contributed by atoms with Crippen LogP contribution in [0, 0.1) is 0 Å². The zero-order valence-corrected chi connectivity index (χ0v) is 14.4. The van der Waals surface area contributed by atoms with Gasteiger partial charge in [0.1, 0.15) is 6.17 Å². The summed E-state index contributed by atoms with van der Waals surface area (Å²) in [5, 5.41) is 7.96. The lowest BCUT2D eigenvalue weighted by Gasteiger charge is -2.28. The fourth-order valence-electron chi connectivity index (χ4n) is 2.69. The van der Waals surface area contributed by atoms with Crippen LogP contribution < -0.4 is 10.7 Å². The Balaban J connectivity index is 1.99. The van der Waals surface area contributed by atoms with Crippen LogP contribution in [0.3, 0.4) is 0 Å². The molecule has 3 rings (SSSR count). The molecule has 1 aliphatic heterocycles. The summed E-state index contributed by atoms with van der Waals surface area (Å²) in [5.41, 5.74) is 7.77. The average molecular weight is 344 g/mol. The molecule has 118 valence electrons. The number of hydrogen-bond donors (Lipinski definition) is 2. The maximum Gasteiger partial charge on any atom is 0.148 e. The number of allylic oxidation sites excluding steroid dienone is 1. The highest BCUT2D eigenvalue weighted by Gasteiger charge is 2.30.